The number of para-hydroxylation sites is 1. The number of rotatable bonds is 2. The van der Waals surface area contributed by atoms with Gasteiger partial charge >= 0.3 is 0 Å². The highest BCUT2D eigenvalue weighted by atomic mass is 35.5. The minimum absolute atomic E-state index is 0.168. The summed E-state index contributed by atoms with van der Waals surface area (Å²) in [6.07, 6.45) is 1.68. The molecule has 6 heteroatoms. The lowest BCUT2D eigenvalue weighted by molar-refractivity contribution is 0.421. The Labute approximate surface area is 115 Å². The molecule has 19 heavy (non-hydrogen) atoms. The number of nitrogen functional groups attached to an aromatic ring is 1. The minimum Gasteiger partial charge on any atom is -0.444 e. The molecule has 2 heterocycles. The normalized spacial score (nSPS) is 13.0. The average Bonchev–Trinajstić information content (AvgIpc) is 2.92. The molecule has 1 unspecified atom stereocenters. The van der Waals surface area contributed by atoms with Crippen molar-refractivity contribution in [3.05, 3.63) is 41.1 Å². The van der Waals surface area contributed by atoms with Crippen molar-refractivity contribution in [1.82, 2.24) is 14.5 Å². The van der Waals surface area contributed by atoms with E-state index in [0.29, 0.717) is 16.9 Å². The molecule has 0 saturated carbocycles. The van der Waals surface area contributed by atoms with Crippen molar-refractivity contribution in [3.63, 3.8) is 0 Å². The maximum Gasteiger partial charge on any atom is 0.217 e. The predicted molar refractivity (Wildman–Crippen MR) is 74.2 cm³/mol. The first kappa shape index (κ1) is 12.0. The molecule has 2 N–H and O–H groups in total. The summed E-state index contributed by atoms with van der Waals surface area (Å²) in [5, 5.41) is 0.608. The Balaban J connectivity index is 2.22. The monoisotopic (exact) mass is 276 g/mol. The standard InChI is InChI=1S/C13H13ClN4O/c1-7-6-16-12(19-7)8(2)18-11-9(14)4-3-5-10(11)17-13(18)15/h3-6,8H,1-2H3,(H2,15,17). The van der Waals surface area contributed by atoms with Gasteiger partial charge in [0.1, 0.15) is 11.8 Å². The second-order valence-corrected chi connectivity index (χ2v) is 4.84. The third kappa shape index (κ3) is 1.86. The van der Waals surface area contributed by atoms with Gasteiger partial charge < -0.3 is 10.2 Å². The molecule has 0 fully saturated rings. The first-order chi connectivity index (χ1) is 9.08. The van der Waals surface area contributed by atoms with Crippen LogP contribution < -0.4 is 5.73 Å². The fourth-order valence-corrected chi connectivity index (χ4v) is 2.45. The number of nitrogens with two attached hydrogens (primary N) is 1. The molecule has 0 bridgehead atoms. The highest BCUT2D eigenvalue weighted by molar-refractivity contribution is 6.35. The Hall–Kier alpha value is -2.01. The van der Waals surface area contributed by atoms with E-state index in [9.17, 15) is 0 Å². The van der Waals surface area contributed by atoms with Crippen molar-refractivity contribution in [2.45, 2.75) is 19.9 Å². The Bertz CT molecular complexity index is 746. The number of aryl methyl sites for hydroxylation is 1. The molecule has 0 aliphatic rings. The molecule has 0 aliphatic carbocycles. The molecule has 0 aliphatic heterocycles. The third-order valence-electron chi connectivity index (χ3n) is 3.07. The fraction of sp³-hybridized carbons (Fsp3) is 0.231. The second-order valence-electron chi connectivity index (χ2n) is 4.43. The van der Waals surface area contributed by atoms with Crippen LogP contribution in [0.1, 0.15) is 24.6 Å². The molecule has 5 nitrogen and oxygen atoms in total. The van der Waals surface area contributed by atoms with Crippen LogP contribution in [0, 0.1) is 6.92 Å². The van der Waals surface area contributed by atoms with Gasteiger partial charge in [0, 0.05) is 0 Å². The van der Waals surface area contributed by atoms with E-state index in [0.717, 1.165) is 16.8 Å². The number of benzene rings is 1. The van der Waals surface area contributed by atoms with Crippen molar-refractivity contribution in [1.29, 1.82) is 0 Å². The maximum absolute atomic E-state index is 6.24. The summed E-state index contributed by atoms with van der Waals surface area (Å²) in [6, 6.07) is 5.37. The number of imidazole rings is 1. The molecular weight excluding hydrogens is 264 g/mol. The first-order valence-corrected chi connectivity index (χ1v) is 6.30. The van der Waals surface area contributed by atoms with Gasteiger partial charge in [0.25, 0.3) is 0 Å². The predicted octanol–water partition coefficient (Wildman–Crippen LogP) is 3.18. The van der Waals surface area contributed by atoms with Crippen LogP contribution in [0.2, 0.25) is 5.02 Å². The molecule has 0 radical (unpaired) electrons. The molecule has 1 aromatic carbocycles. The number of aromatic nitrogens is 3. The van der Waals surface area contributed by atoms with Gasteiger partial charge in [0.2, 0.25) is 11.8 Å². The molecule has 0 saturated heterocycles. The molecule has 1 atom stereocenters. The fourth-order valence-electron chi connectivity index (χ4n) is 2.19. The van der Waals surface area contributed by atoms with Crippen molar-refractivity contribution in [3.8, 4) is 0 Å². The summed E-state index contributed by atoms with van der Waals surface area (Å²) < 4.78 is 7.39. The van der Waals surface area contributed by atoms with Crippen LogP contribution in [0.4, 0.5) is 5.95 Å². The van der Waals surface area contributed by atoms with Gasteiger partial charge in [-0.15, -0.1) is 0 Å². The van der Waals surface area contributed by atoms with Crippen molar-refractivity contribution in [2.24, 2.45) is 0 Å². The van der Waals surface area contributed by atoms with Crippen LogP contribution in [0.25, 0.3) is 11.0 Å². The summed E-state index contributed by atoms with van der Waals surface area (Å²) in [5.41, 5.74) is 7.55. The molecule has 0 spiro atoms. The van der Waals surface area contributed by atoms with Gasteiger partial charge in [0.15, 0.2) is 0 Å². The first-order valence-electron chi connectivity index (χ1n) is 5.92. The number of nitrogens with zero attached hydrogens (tertiary/aromatic N) is 3. The average molecular weight is 277 g/mol. The van der Waals surface area contributed by atoms with Crippen LogP contribution >= 0.6 is 11.6 Å². The van der Waals surface area contributed by atoms with E-state index in [2.05, 4.69) is 9.97 Å². The number of halogens is 1. The number of hydrogen-bond acceptors (Lipinski definition) is 4. The van der Waals surface area contributed by atoms with E-state index in [1.54, 1.807) is 6.20 Å². The Morgan fingerprint density at radius 3 is 2.89 bits per heavy atom. The molecule has 2 aromatic heterocycles. The van der Waals surface area contributed by atoms with Crippen molar-refractivity contribution >= 4 is 28.6 Å². The van der Waals surface area contributed by atoms with Gasteiger partial charge in [-0.2, -0.15) is 0 Å². The number of oxazole rings is 1. The topological polar surface area (TPSA) is 69.9 Å². The largest absolute Gasteiger partial charge is 0.444 e. The summed E-state index contributed by atoms with van der Waals surface area (Å²) in [6.45, 7) is 3.80. The molecule has 3 aromatic rings. The van der Waals surface area contributed by atoms with Gasteiger partial charge in [-0.1, -0.05) is 17.7 Å². The van der Waals surface area contributed by atoms with E-state index >= 15 is 0 Å². The zero-order chi connectivity index (χ0) is 13.6. The summed E-state index contributed by atoms with van der Waals surface area (Å²) in [4.78, 5) is 8.55. The zero-order valence-electron chi connectivity index (χ0n) is 10.6. The quantitative estimate of drug-likeness (QED) is 0.780. The molecular formula is C13H13ClN4O. The summed E-state index contributed by atoms with van der Waals surface area (Å²) in [7, 11) is 0. The van der Waals surface area contributed by atoms with Crippen LogP contribution in [-0.4, -0.2) is 14.5 Å². The van der Waals surface area contributed by atoms with E-state index < -0.39 is 0 Å². The number of anilines is 1. The summed E-state index contributed by atoms with van der Waals surface area (Å²) >= 11 is 6.24. The Kier molecular flexibility index (Phi) is 2.71. The SMILES string of the molecule is Cc1cnc(C(C)n2c(N)nc3cccc(Cl)c32)o1. The smallest absolute Gasteiger partial charge is 0.217 e. The number of hydrogen-bond donors (Lipinski definition) is 1. The van der Waals surface area contributed by atoms with Crippen LogP contribution in [0.3, 0.4) is 0 Å². The highest BCUT2D eigenvalue weighted by Gasteiger charge is 2.20. The molecule has 98 valence electrons. The lowest BCUT2D eigenvalue weighted by atomic mass is 10.2. The Morgan fingerprint density at radius 1 is 1.42 bits per heavy atom. The molecule has 3 rings (SSSR count). The van der Waals surface area contributed by atoms with Gasteiger partial charge in [-0.3, -0.25) is 4.57 Å². The van der Waals surface area contributed by atoms with E-state index in [1.807, 2.05) is 36.6 Å². The Morgan fingerprint density at radius 2 is 2.21 bits per heavy atom. The zero-order valence-corrected chi connectivity index (χ0v) is 11.3. The van der Waals surface area contributed by atoms with Gasteiger partial charge in [0.05, 0.1) is 22.3 Å². The van der Waals surface area contributed by atoms with Gasteiger partial charge in [-0.25, -0.2) is 9.97 Å². The van der Waals surface area contributed by atoms with Crippen LogP contribution in [-0.2, 0) is 0 Å². The maximum atomic E-state index is 6.24. The van der Waals surface area contributed by atoms with E-state index in [1.165, 1.54) is 0 Å². The van der Waals surface area contributed by atoms with Crippen LogP contribution in [0.5, 0.6) is 0 Å². The lowest BCUT2D eigenvalue weighted by Gasteiger charge is -2.13. The second kappa shape index (κ2) is 4.28. The molecule has 0 amide bonds. The number of fused-ring (bicyclic) bond motifs is 1. The van der Waals surface area contributed by atoms with E-state index in [4.69, 9.17) is 21.8 Å². The van der Waals surface area contributed by atoms with Crippen LogP contribution in [0.15, 0.2) is 28.8 Å². The summed E-state index contributed by atoms with van der Waals surface area (Å²) in [5.74, 6) is 1.74. The van der Waals surface area contributed by atoms with Crippen molar-refractivity contribution in [2.75, 3.05) is 5.73 Å². The van der Waals surface area contributed by atoms with E-state index in [-0.39, 0.29) is 6.04 Å². The minimum atomic E-state index is -0.168. The lowest BCUT2D eigenvalue weighted by Crippen LogP contribution is -2.10. The van der Waals surface area contributed by atoms with Gasteiger partial charge in [-0.05, 0) is 26.0 Å². The third-order valence-corrected chi connectivity index (χ3v) is 3.38. The van der Waals surface area contributed by atoms with Crippen molar-refractivity contribution < 1.29 is 4.42 Å². The highest BCUT2D eigenvalue weighted by Crippen LogP contribution is 2.31.